The van der Waals surface area contributed by atoms with Gasteiger partial charge in [-0.2, -0.15) is 4.98 Å². The molecule has 2 aromatic heterocycles. The number of benzene rings is 1. The van der Waals surface area contributed by atoms with Gasteiger partial charge in [0.2, 0.25) is 5.88 Å². The lowest BCUT2D eigenvalue weighted by Crippen LogP contribution is -2.00. The van der Waals surface area contributed by atoms with Crippen LogP contribution in [0.25, 0.3) is 11.2 Å². The fourth-order valence-corrected chi connectivity index (χ4v) is 2.14. The first kappa shape index (κ1) is 12.1. The molecule has 3 aromatic rings. The predicted octanol–water partition coefficient (Wildman–Crippen LogP) is 2.37. The van der Waals surface area contributed by atoms with Gasteiger partial charge in [-0.25, -0.2) is 9.97 Å². The molecule has 0 amide bonds. The lowest BCUT2D eigenvalue weighted by Gasteiger charge is -2.09. The van der Waals surface area contributed by atoms with E-state index in [1.54, 1.807) is 6.33 Å². The van der Waals surface area contributed by atoms with Crippen LogP contribution in [0.4, 0.5) is 0 Å². The molecule has 0 bridgehead atoms. The van der Waals surface area contributed by atoms with E-state index in [9.17, 15) is 0 Å². The van der Waals surface area contributed by atoms with Gasteiger partial charge in [0.05, 0.1) is 6.33 Å². The Kier molecular flexibility index (Phi) is 3.14. The van der Waals surface area contributed by atoms with E-state index in [4.69, 9.17) is 10.5 Å². The summed E-state index contributed by atoms with van der Waals surface area (Å²) in [7, 11) is 0. The van der Waals surface area contributed by atoms with Crippen LogP contribution in [-0.4, -0.2) is 19.9 Å². The summed E-state index contributed by atoms with van der Waals surface area (Å²) in [5.41, 5.74) is 7.83. The zero-order valence-electron chi connectivity index (χ0n) is 9.80. The monoisotopic (exact) mass is 319 g/mol. The zero-order valence-corrected chi connectivity index (χ0v) is 11.4. The van der Waals surface area contributed by atoms with Crippen LogP contribution < -0.4 is 10.5 Å². The van der Waals surface area contributed by atoms with E-state index in [0.717, 1.165) is 10.0 Å². The third kappa shape index (κ3) is 2.29. The molecular weight excluding hydrogens is 310 g/mol. The van der Waals surface area contributed by atoms with Gasteiger partial charge in [-0.3, -0.25) is 0 Å². The fourth-order valence-electron chi connectivity index (χ4n) is 1.73. The van der Waals surface area contributed by atoms with Crippen LogP contribution in [0.3, 0.4) is 0 Å². The zero-order chi connectivity index (χ0) is 13.2. The van der Waals surface area contributed by atoms with Crippen molar-refractivity contribution in [1.82, 2.24) is 19.9 Å². The molecule has 0 fully saturated rings. The Morgan fingerprint density at radius 2 is 2.16 bits per heavy atom. The summed E-state index contributed by atoms with van der Waals surface area (Å²) in [5, 5.41) is 0. The molecule has 1 aromatic carbocycles. The molecule has 2 heterocycles. The van der Waals surface area contributed by atoms with Crippen molar-refractivity contribution in [2.75, 3.05) is 0 Å². The van der Waals surface area contributed by atoms with Gasteiger partial charge in [-0.1, -0.05) is 15.9 Å². The van der Waals surface area contributed by atoms with Gasteiger partial charge in [0, 0.05) is 16.6 Å². The van der Waals surface area contributed by atoms with Gasteiger partial charge >= 0.3 is 0 Å². The topological polar surface area (TPSA) is 89.7 Å². The van der Waals surface area contributed by atoms with Crippen LogP contribution >= 0.6 is 15.9 Å². The minimum atomic E-state index is 0.381. The predicted molar refractivity (Wildman–Crippen MR) is 73.8 cm³/mol. The van der Waals surface area contributed by atoms with Crippen molar-refractivity contribution < 1.29 is 4.74 Å². The van der Waals surface area contributed by atoms with Crippen LogP contribution in [0.2, 0.25) is 0 Å². The van der Waals surface area contributed by atoms with Gasteiger partial charge in [0.1, 0.15) is 17.6 Å². The van der Waals surface area contributed by atoms with E-state index >= 15 is 0 Å². The second-order valence-electron chi connectivity index (χ2n) is 3.84. The first-order valence-electron chi connectivity index (χ1n) is 5.58. The van der Waals surface area contributed by atoms with Crippen LogP contribution in [0.15, 0.2) is 35.3 Å². The third-order valence-corrected chi connectivity index (χ3v) is 3.13. The van der Waals surface area contributed by atoms with E-state index in [1.165, 1.54) is 6.33 Å². The minimum Gasteiger partial charge on any atom is -0.437 e. The number of nitrogens with zero attached hydrogens (tertiary/aromatic N) is 3. The molecule has 0 spiro atoms. The number of hydrogen-bond donors (Lipinski definition) is 2. The van der Waals surface area contributed by atoms with Gasteiger partial charge < -0.3 is 15.5 Å². The summed E-state index contributed by atoms with van der Waals surface area (Å²) in [5.74, 6) is 1.10. The molecule has 0 radical (unpaired) electrons. The molecule has 0 unspecified atom stereocenters. The Bertz CT molecular complexity index is 727. The first-order chi connectivity index (χ1) is 9.28. The number of rotatable bonds is 3. The summed E-state index contributed by atoms with van der Waals surface area (Å²) in [4.78, 5) is 15.2. The SMILES string of the molecule is NCc1cc(Br)ccc1Oc1ncnc2nc[nH]c12. The van der Waals surface area contributed by atoms with E-state index in [0.29, 0.717) is 29.3 Å². The highest BCUT2D eigenvalue weighted by molar-refractivity contribution is 9.10. The number of H-pyrrole nitrogens is 1. The molecule has 0 aliphatic heterocycles. The summed E-state index contributed by atoms with van der Waals surface area (Å²) in [6, 6.07) is 5.65. The number of halogens is 1. The second kappa shape index (κ2) is 4.94. The number of nitrogens with two attached hydrogens (primary N) is 1. The molecule has 3 rings (SSSR count). The van der Waals surface area contributed by atoms with Gasteiger partial charge in [-0.15, -0.1) is 0 Å². The number of ether oxygens (including phenoxy) is 1. The van der Waals surface area contributed by atoms with Crippen molar-refractivity contribution in [3.05, 3.63) is 40.9 Å². The maximum Gasteiger partial charge on any atom is 0.248 e. The number of hydrogen-bond acceptors (Lipinski definition) is 5. The Labute approximate surface area is 117 Å². The summed E-state index contributed by atoms with van der Waals surface area (Å²) >= 11 is 3.40. The molecule has 0 aliphatic carbocycles. The van der Waals surface area contributed by atoms with Crippen molar-refractivity contribution in [3.63, 3.8) is 0 Å². The van der Waals surface area contributed by atoms with Crippen molar-refractivity contribution in [1.29, 1.82) is 0 Å². The van der Waals surface area contributed by atoms with Crippen LogP contribution in [-0.2, 0) is 6.54 Å². The molecule has 3 N–H and O–H groups in total. The Morgan fingerprint density at radius 1 is 1.26 bits per heavy atom. The van der Waals surface area contributed by atoms with E-state index < -0.39 is 0 Å². The smallest absolute Gasteiger partial charge is 0.248 e. The lowest BCUT2D eigenvalue weighted by atomic mass is 10.2. The van der Waals surface area contributed by atoms with Crippen molar-refractivity contribution in [2.24, 2.45) is 5.73 Å². The highest BCUT2D eigenvalue weighted by atomic mass is 79.9. The molecule has 6 nitrogen and oxygen atoms in total. The molecule has 0 atom stereocenters. The normalized spacial score (nSPS) is 10.8. The van der Waals surface area contributed by atoms with Gasteiger partial charge in [-0.05, 0) is 18.2 Å². The quantitative estimate of drug-likeness (QED) is 0.773. The van der Waals surface area contributed by atoms with Crippen molar-refractivity contribution >= 4 is 27.1 Å². The molecular formula is C12H10BrN5O. The third-order valence-electron chi connectivity index (χ3n) is 2.64. The summed E-state index contributed by atoms with van der Waals surface area (Å²) < 4.78 is 6.76. The molecule has 0 saturated carbocycles. The molecule has 19 heavy (non-hydrogen) atoms. The van der Waals surface area contributed by atoms with Crippen molar-refractivity contribution in [2.45, 2.75) is 6.54 Å². The standard InChI is InChI=1S/C12H10BrN5O/c13-8-1-2-9(7(3-8)4-14)19-12-10-11(16-5-15-10)17-6-18-12/h1-3,5-6H,4,14H2,(H,15,16,17,18). The average molecular weight is 320 g/mol. The Hall–Kier alpha value is -1.99. The molecule has 0 aliphatic rings. The maximum absolute atomic E-state index is 5.80. The average Bonchev–Trinajstić information content (AvgIpc) is 2.90. The minimum absolute atomic E-state index is 0.381. The molecule has 7 heteroatoms. The highest BCUT2D eigenvalue weighted by Gasteiger charge is 2.10. The van der Waals surface area contributed by atoms with E-state index in [2.05, 4.69) is 35.9 Å². The number of fused-ring (bicyclic) bond motifs is 1. The largest absolute Gasteiger partial charge is 0.437 e. The number of imidazole rings is 1. The van der Waals surface area contributed by atoms with Crippen LogP contribution in [0.1, 0.15) is 5.56 Å². The molecule has 96 valence electrons. The van der Waals surface area contributed by atoms with Gasteiger partial charge in [0.15, 0.2) is 5.65 Å². The number of aromatic nitrogens is 4. The second-order valence-corrected chi connectivity index (χ2v) is 4.75. The van der Waals surface area contributed by atoms with E-state index in [-0.39, 0.29) is 0 Å². The summed E-state index contributed by atoms with van der Waals surface area (Å²) in [6.07, 6.45) is 2.97. The Morgan fingerprint density at radius 3 is 3.00 bits per heavy atom. The molecule has 0 saturated heterocycles. The lowest BCUT2D eigenvalue weighted by molar-refractivity contribution is 0.461. The van der Waals surface area contributed by atoms with Crippen LogP contribution in [0, 0.1) is 0 Å². The fraction of sp³-hybridized carbons (Fsp3) is 0.0833. The first-order valence-corrected chi connectivity index (χ1v) is 6.37. The summed E-state index contributed by atoms with van der Waals surface area (Å²) in [6.45, 7) is 0.381. The van der Waals surface area contributed by atoms with E-state index in [1.807, 2.05) is 18.2 Å². The van der Waals surface area contributed by atoms with Crippen LogP contribution in [0.5, 0.6) is 11.6 Å². The number of nitrogens with one attached hydrogen (secondary N) is 1. The van der Waals surface area contributed by atoms with Gasteiger partial charge in [0.25, 0.3) is 0 Å². The van der Waals surface area contributed by atoms with Crippen molar-refractivity contribution in [3.8, 4) is 11.6 Å². The highest BCUT2D eigenvalue weighted by Crippen LogP contribution is 2.29. The maximum atomic E-state index is 5.80. The number of aromatic amines is 1. The Balaban J connectivity index is 2.03.